The zero-order chi connectivity index (χ0) is 6.97. The highest BCUT2D eigenvalue weighted by molar-refractivity contribution is 5.11. The van der Waals surface area contributed by atoms with Crippen molar-refractivity contribution in [2.24, 2.45) is 0 Å². The van der Waals surface area contributed by atoms with Crippen molar-refractivity contribution >= 4 is 0 Å². The number of hydrogen-bond acceptors (Lipinski definition) is 0. The van der Waals surface area contributed by atoms with E-state index < -0.39 is 0 Å². The van der Waals surface area contributed by atoms with Crippen LogP contribution in [0, 0.1) is 0 Å². The van der Waals surface area contributed by atoms with Crippen molar-refractivity contribution in [3.63, 3.8) is 0 Å². The van der Waals surface area contributed by atoms with Crippen molar-refractivity contribution in [3.05, 3.63) is 17.7 Å². The van der Waals surface area contributed by atoms with Crippen LogP contribution < -0.4 is 4.57 Å². The summed E-state index contributed by atoms with van der Waals surface area (Å²) < 4.78 is 2.31. The van der Waals surface area contributed by atoms with E-state index in [-0.39, 0.29) is 0 Å². The first-order valence-corrected chi connectivity index (χ1v) is 4.00. The number of aryl methyl sites for hydroxylation is 2. The van der Waals surface area contributed by atoms with Gasteiger partial charge in [-0.2, -0.15) is 0 Å². The predicted octanol–water partition coefficient (Wildman–Crippen LogP) is 0.811. The van der Waals surface area contributed by atoms with E-state index in [4.69, 9.17) is 0 Å². The average Bonchev–Trinajstić information content (AvgIpc) is 2.44. The summed E-state index contributed by atoms with van der Waals surface area (Å²) in [4.78, 5) is 3.30. The van der Waals surface area contributed by atoms with Gasteiger partial charge < -0.3 is 0 Å². The fraction of sp³-hybridized carbons (Fsp3) is 0.625. The van der Waals surface area contributed by atoms with Gasteiger partial charge in [-0.05, 0) is 13.3 Å². The van der Waals surface area contributed by atoms with Crippen LogP contribution in [0.3, 0.4) is 0 Å². The number of rotatable bonds is 1. The number of nitrogens with one attached hydrogen (secondary N) is 1. The van der Waals surface area contributed by atoms with Crippen molar-refractivity contribution < 1.29 is 4.57 Å². The Labute approximate surface area is 60.9 Å². The maximum absolute atomic E-state index is 3.30. The molecule has 2 nitrogen and oxygen atoms in total. The fourth-order valence-electron chi connectivity index (χ4n) is 1.72. The summed E-state index contributed by atoms with van der Waals surface area (Å²) in [6, 6.07) is 0. The molecule has 0 spiro atoms. The van der Waals surface area contributed by atoms with Crippen molar-refractivity contribution in [3.8, 4) is 0 Å². The highest BCUT2D eigenvalue weighted by Gasteiger charge is 2.21. The van der Waals surface area contributed by atoms with Gasteiger partial charge in [0.1, 0.15) is 11.4 Å². The molecule has 1 aliphatic rings. The molecule has 0 atom stereocenters. The van der Waals surface area contributed by atoms with Gasteiger partial charge in [-0.1, -0.05) is 0 Å². The van der Waals surface area contributed by atoms with Crippen molar-refractivity contribution in [2.45, 2.75) is 32.7 Å². The van der Waals surface area contributed by atoms with Crippen molar-refractivity contribution in [1.82, 2.24) is 4.98 Å². The number of imidazole rings is 1. The molecule has 0 saturated heterocycles. The molecule has 0 amide bonds. The lowest BCUT2D eigenvalue weighted by Gasteiger charge is -1.90. The Bertz CT molecular complexity index is 237. The van der Waals surface area contributed by atoms with Crippen LogP contribution >= 0.6 is 0 Å². The molecule has 0 radical (unpaired) electrons. The SMILES string of the molecule is CC[n+]1c[nH]c2c1CCC2. The van der Waals surface area contributed by atoms with E-state index in [1.54, 1.807) is 0 Å². The average molecular weight is 137 g/mol. The zero-order valence-electron chi connectivity index (χ0n) is 6.35. The van der Waals surface area contributed by atoms with Gasteiger partial charge in [-0.15, -0.1) is 0 Å². The Morgan fingerprint density at radius 3 is 3.30 bits per heavy atom. The van der Waals surface area contributed by atoms with Gasteiger partial charge in [0.2, 0.25) is 6.33 Å². The third-order valence-corrected chi connectivity index (χ3v) is 2.27. The first-order chi connectivity index (χ1) is 4.92. The summed E-state index contributed by atoms with van der Waals surface area (Å²) in [6.45, 7) is 3.29. The molecule has 1 aromatic rings. The number of nitrogens with zero attached hydrogens (tertiary/aromatic N) is 1. The number of aromatic amines is 1. The zero-order valence-corrected chi connectivity index (χ0v) is 6.35. The summed E-state index contributed by atoms with van der Waals surface area (Å²) in [5.74, 6) is 0. The number of aromatic nitrogens is 2. The molecule has 0 aliphatic heterocycles. The maximum atomic E-state index is 3.30. The minimum absolute atomic E-state index is 1.10. The van der Waals surface area contributed by atoms with Gasteiger partial charge >= 0.3 is 0 Å². The van der Waals surface area contributed by atoms with Crippen molar-refractivity contribution in [1.29, 1.82) is 0 Å². The first-order valence-electron chi connectivity index (χ1n) is 4.00. The Hall–Kier alpha value is -0.790. The smallest absolute Gasteiger partial charge is 0.241 e. The molecule has 0 saturated carbocycles. The summed E-state index contributed by atoms with van der Waals surface area (Å²) in [7, 11) is 0. The summed E-state index contributed by atoms with van der Waals surface area (Å²) in [6.07, 6.45) is 5.95. The minimum atomic E-state index is 1.10. The van der Waals surface area contributed by atoms with E-state index in [1.807, 2.05) is 0 Å². The van der Waals surface area contributed by atoms with E-state index in [2.05, 4.69) is 22.8 Å². The molecule has 0 bridgehead atoms. The molecular formula is C8H13N2+. The van der Waals surface area contributed by atoms with E-state index in [9.17, 15) is 0 Å². The van der Waals surface area contributed by atoms with E-state index in [0.717, 1.165) is 6.54 Å². The van der Waals surface area contributed by atoms with Crippen LogP contribution in [0.25, 0.3) is 0 Å². The van der Waals surface area contributed by atoms with Crippen LogP contribution in [0.5, 0.6) is 0 Å². The van der Waals surface area contributed by atoms with Crippen molar-refractivity contribution in [2.75, 3.05) is 0 Å². The van der Waals surface area contributed by atoms with Gasteiger partial charge in [0, 0.05) is 12.8 Å². The standard InChI is InChI=1S/C8H12N2/c1-2-10-6-9-7-4-3-5-8(7)10/h6H,2-5H2,1H3/p+1. The molecule has 1 aromatic heterocycles. The molecule has 10 heavy (non-hydrogen) atoms. The summed E-state index contributed by atoms with van der Waals surface area (Å²) >= 11 is 0. The molecule has 54 valence electrons. The lowest BCUT2D eigenvalue weighted by Crippen LogP contribution is -2.33. The quantitative estimate of drug-likeness (QED) is 0.553. The van der Waals surface area contributed by atoms with Crippen LogP contribution in [0.2, 0.25) is 0 Å². The van der Waals surface area contributed by atoms with Crippen LogP contribution in [0.4, 0.5) is 0 Å². The molecule has 1 aliphatic carbocycles. The second-order valence-electron chi connectivity index (χ2n) is 2.84. The molecule has 1 N–H and O–H groups in total. The van der Waals surface area contributed by atoms with Gasteiger partial charge in [-0.3, -0.25) is 0 Å². The van der Waals surface area contributed by atoms with Crippen LogP contribution in [-0.4, -0.2) is 4.98 Å². The Balaban J connectivity index is 2.44. The number of hydrogen-bond donors (Lipinski definition) is 1. The number of fused-ring (bicyclic) bond motifs is 1. The monoisotopic (exact) mass is 137 g/mol. The molecular weight excluding hydrogens is 124 g/mol. The van der Waals surface area contributed by atoms with Crippen LogP contribution in [-0.2, 0) is 19.4 Å². The molecule has 2 heteroatoms. The second kappa shape index (κ2) is 2.11. The van der Waals surface area contributed by atoms with E-state index >= 15 is 0 Å². The third kappa shape index (κ3) is 0.681. The maximum Gasteiger partial charge on any atom is 0.241 e. The Kier molecular flexibility index (Phi) is 1.26. The van der Waals surface area contributed by atoms with Crippen LogP contribution in [0.15, 0.2) is 6.33 Å². The normalized spacial score (nSPS) is 15.7. The minimum Gasteiger partial charge on any atom is -0.247 e. The van der Waals surface area contributed by atoms with Gasteiger partial charge in [0.25, 0.3) is 0 Å². The molecule has 0 fully saturated rings. The topological polar surface area (TPSA) is 19.7 Å². The predicted molar refractivity (Wildman–Crippen MR) is 38.7 cm³/mol. The highest BCUT2D eigenvalue weighted by atomic mass is 15.1. The third-order valence-electron chi connectivity index (χ3n) is 2.27. The fourth-order valence-corrected chi connectivity index (χ4v) is 1.72. The Morgan fingerprint density at radius 1 is 1.60 bits per heavy atom. The molecule has 0 unspecified atom stereocenters. The van der Waals surface area contributed by atoms with E-state index in [0.29, 0.717) is 0 Å². The second-order valence-corrected chi connectivity index (χ2v) is 2.84. The lowest BCUT2D eigenvalue weighted by molar-refractivity contribution is -0.699. The molecule has 2 rings (SSSR count). The highest BCUT2D eigenvalue weighted by Crippen LogP contribution is 2.15. The summed E-state index contributed by atoms with van der Waals surface area (Å²) in [5, 5.41) is 0. The Morgan fingerprint density at radius 2 is 2.50 bits per heavy atom. The van der Waals surface area contributed by atoms with Crippen LogP contribution in [0.1, 0.15) is 24.7 Å². The lowest BCUT2D eigenvalue weighted by atomic mass is 10.3. The van der Waals surface area contributed by atoms with Gasteiger partial charge in [-0.25, -0.2) is 9.55 Å². The van der Waals surface area contributed by atoms with E-state index in [1.165, 1.54) is 30.7 Å². The largest absolute Gasteiger partial charge is 0.247 e. The van der Waals surface area contributed by atoms with Gasteiger partial charge in [0.15, 0.2) is 0 Å². The van der Waals surface area contributed by atoms with Gasteiger partial charge in [0.05, 0.1) is 6.54 Å². The molecule has 0 aromatic carbocycles. The summed E-state index contributed by atoms with van der Waals surface area (Å²) in [5.41, 5.74) is 2.99. The first kappa shape index (κ1) is 5.96. The molecule has 1 heterocycles. The number of H-pyrrole nitrogens is 1.